The highest BCUT2D eigenvalue weighted by atomic mass is 16.4. The maximum absolute atomic E-state index is 10.8. The molecular weight excluding hydrogens is 198 g/mol. The van der Waals surface area contributed by atoms with E-state index in [9.17, 15) is 4.79 Å². The number of rotatable bonds is 5. The molecule has 1 aromatic rings. The van der Waals surface area contributed by atoms with E-state index in [4.69, 9.17) is 10.2 Å². The fourth-order valence-corrected chi connectivity index (χ4v) is 1.47. The van der Waals surface area contributed by atoms with E-state index in [0.29, 0.717) is 18.5 Å². The van der Waals surface area contributed by atoms with E-state index in [2.05, 4.69) is 10.3 Å². The molecule has 0 spiro atoms. The summed E-state index contributed by atoms with van der Waals surface area (Å²) in [5, 5.41) is 25.1. The van der Waals surface area contributed by atoms with Gasteiger partial charge in [-0.15, -0.1) is 5.10 Å². The fourth-order valence-electron chi connectivity index (χ4n) is 1.47. The molecule has 1 heterocycles. The first kappa shape index (κ1) is 11.6. The lowest BCUT2D eigenvalue weighted by atomic mass is 10.2. The first-order valence-corrected chi connectivity index (χ1v) is 4.90. The Morgan fingerprint density at radius 1 is 1.60 bits per heavy atom. The lowest BCUT2D eigenvalue weighted by molar-refractivity contribution is 0.0689. The average Bonchev–Trinajstić information content (AvgIpc) is 2.61. The van der Waals surface area contributed by atoms with Crippen LogP contribution in [0.25, 0.3) is 0 Å². The molecule has 0 radical (unpaired) electrons. The van der Waals surface area contributed by atoms with Gasteiger partial charge in [0.05, 0.1) is 11.7 Å². The van der Waals surface area contributed by atoms with E-state index in [0.717, 1.165) is 0 Å². The van der Waals surface area contributed by atoms with Crippen LogP contribution in [0, 0.1) is 0 Å². The van der Waals surface area contributed by atoms with Crippen LogP contribution in [-0.4, -0.2) is 37.8 Å². The third-order valence-electron chi connectivity index (χ3n) is 2.29. The van der Waals surface area contributed by atoms with Crippen LogP contribution < -0.4 is 0 Å². The predicted molar refractivity (Wildman–Crippen MR) is 52.8 cm³/mol. The van der Waals surface area contributed by atoms with Crippen molar-refractivity contribution < 1.29 is 15.0 Å². The number of aliphatic hydroxyl groups excluding tert-OH is 1. The molecule has 0 aliphatic heterocycles. The highest BCUT2D eigenvalue weighted by Gasteiger charge is 2.19. The molecule has 0 aliphatic carbocycles. The second-order valence-electron chi connectivity index (χ2n) is 3.35. The maximum atomic E-state index is 10.8. The SMILES string of the molecule is CCc1c(C(=O)O)nnn1C(C)CCO. The van der Waals surface area contributed by atoms with Gasteiger partial charge in [-0.05, 0) is 19.8 Å². The Balaban J connectivity index is 3.03. The highest BCUT2D eigenvalue weighted by molar-refractivity contribution is 5.86. The quantitative estimate of drug-likeness (QED) is 0.742. The Bertz CT molecular complexity index is 348. The third kappa shape index (κ3) is 2.33. The summed E-state index contributed by atoms with van der Waals surface area (Å²) < 4.78 is 1.57. The van der Waals surface area contributed by atoms with Gasteiger partial charge in [0, 0.05) is 6.61 Å². The molecular formula is C9H15N3O3. The number of carboxylic acids is 1. The fraction of sp³-hybridized carbons (Fsp3) is 0.667. The molecule has 1 rings (SSSR count). The number of aromatic carboxylic acids is 1. The van der Waals surface area contributed by atoms with Crippen molar-refractivity contribution in [2.24, 2.45) is 0 Å². The van der Waals surface area contributed by atoms with Gasteiger partial charge in [-0.1, -0.05) is 12.1 Å². The molecule has 1 atom stereocenters. The van der Waals surface area contributed by atoms with Gasteiger partial charge in [0.25, 0.3) is 0 Å². The minimum Gasteiger partial charge on any atom is -0.476 e. The van der Waals surface area contributed by atoms with Crippen LogP contribution in [0.4, 0.5) is 0 Å². The van der Waals surface area contributed by atoms with Crippen LogP contribution in [0.15, 0.2) is 0 Å². The first-order chi connectivity index (χ1) is 7.11. The summed E-state index contributed by atoms with van der Waals surface area (Å²) in [6.07, 6.45) is 1.10. The van der Waals surface area contributed by atoms with Crippen molar-refractivity contribution in [3.63, 3.8) is 0 Å². The molecule has 0 fully saturated rings. The number of hydrogen-bond acceptors (Lipinski definition) is 4. The highest BCUT2D eigenvalue weighted by Crippen LogP contribution is 2.15. The van der Waals surface area contributed by atoms with Crippen molar-refractivity contribution in [2.75, 3.05) is 6.61 Å². The summed E-state index contributed by atoms with van der Waals surface area (Å²) in [6, 6.07) is -0.0365. The Labute approximate surface area is 87.5 Å². The molecule has 0 saturated carbocycles. The van der Waals surface area contributed by atoms with E-state index in [-0.39, 0.29) is 18.3 Å². The second-order valence-corrected chi connectivity index (χ2v) is 3.35. The smallest absolute Gasteiger partial charge is 0.358 e. The summed E-state index contributed by atoms with van der Waals surface area (Å²) in [7, 11) is 0. The Morgan fingerprint density at radius 2 is 2.27 bits per heavy atom. The van der Waals surface area contributed by atoms with Crippen LogP contribution in [0.5, 0.6) is 0 Å². The lowest BCUT2D eigenvalue weighted by Crippen LogP contribution is -2.13. The summed E-state index contributed by atoms with van der Waals surface area (Å²) in [5.74, 6) is -1.06. The zero-order valence-electron chi connectivity index (χ0n) is 8.84. The first-order valence-electron chi connectivity index (χ1n) is 4.90. The van der Waals surface area contributed by atoms with Crippen LogP contribution >= 0.6 is 0 Å². The standard InChI is InChI=1S/C9H15N3O3/c1-3-7-8(9(14)15)10-11-12(7)6(2)4-5-13/h6,13H,3-5H2,1-2H3,(H,14,15). The van der Waals surface area contributed by atoms with Crippen molar-refractivity contribution in [2.45, 2.75) is 32.7 Å². The largest absolute Gasteiger partial charge is 0.476 e. The molecule has 0 aliphatic rings. The van der Waals surface area contributed by atoms with Crippen LogP contribution in [0.2, 0.25) is 0 Å². The Hall–Kier alpha value is -1.43. The molecule has 15 heavy (non-hydrogen) atoms. The number of carboxylic acid groups (broad SMARTS) is 1. The van der Waals surface area contributed by atoms with Crippen molar-refractivity contribution in [3.05, 3.63) is 11.4 Å². The van der Waals surface area contributed by atoms with Gasteiger partial charge in [-0.25, -0.2) is 9.48 Å². The van der Waals surface area contributed by atoms with Gasteiger partial charge in [0.15, 0.2) is 5.69 Å². The molecule has 0 aromatic carbocycles. The van der Waals surface area contributed by atoms with Crippen molar-refractivity contribution in [3.8, 4) is 0 Å². The molecule has 84 valence electrons. The lowest BCUT2D eigenvalue weighted by Gasteiger charge is -2.12. The van der Waals surface area contributed by atoms with Crippen LogP contribution in [-0.2, 0) is 6.42 Å². The predicted octanol–water partition coefficient (Wildman–Crippen LogP) is 0.482. The number of aliphatic hydroxyl groups is 1. The normalized spacial score (nSPS) is 12.7. The molecule has 2 N–H and O–H groups in total. The minimum atomic E-state index is -1.06. The van der Waals surface area contributed by atoms with E-state index < -0.39 is 5.97 Å². The monoisotopic (exact) mass is 213 g/mol. The van der Waals surface area contributed by atoms with Gasteiger partial charge in [0.2, 0.25) is 0 Å². The topological polar surface area (TPSA) is 88.2 Å². The van der Waals surface area contributed by atoms with E-state index >= 15 is 0 Å². The van der Waals surface area contributed by atoms with Crippen molar-refractivity contribution >= 4 is 5.97 Å². The minimum absolute atomic E-state index is 0.00212. The Morgan fingerprint density at radius 3 is 2.73 bits per heavy atom. The maximum Gasteiger partial charge on any atom is 0.358 e. The van der Waals surface area contributed by atoms with Gasteiger partial charge >= 0.3 is 5.97 Å². The van der Waals surface area contributed by atoms with E-state index in [1.165, 1.54) is 0 Å². The Kier molecular flexibility index (Phi) is 3.79. The summed E-state index contributed by atoms with van der Waals surface area (Å²) in [6.45, 7) is 3.77. The second kappa shape index (κ2) is 4.88. The molecule has 0 bridgehead atoms. The van der Waals surface area contributed by atoms with E-state index in [1.807, 2.05) is 13.8 Å². The van der Waals surface area contributed by atoms with Gasteiger partial charge in [-0.3, -0.25) is 0 Å². The summed E-state index contributed by atoms with van der Waals surface area (Å²) in [5.41, 5.74) is 0.603. The molecule has 6 nitrogen and oxygen atoms in total. The molecule has 1 aromatic heterocycles. The molecule has 1 unspecified atom stereocenters. The number of carbonyl (C=O) groups is 1. The van der Waals surface area contributed by atoms with Crippen molar-refractivity contribution in [1.82, 2.24) is 15.0 Å². The van der Waals surface area contributed by atoms with Crippen LogP contribution in [0.3, 0.4) is 0 Å². The number of hydrogen-bond donors (Lipinski definition) is 2. The molecule has 0 amide bonds. The van der Waals surface area contributed by atoms with E-state index in [1.54, 1.807) is 4.68 Å². The van der Waals surface area contributed by atoms with Gasteiger partial charge in [-0.2, -0.15) is 0 Å². The molecule has 0 saturated heterocycles. The van der Waals surface area contributed by atoms with Crippen molar-refractivity contribution in [1.29, 1.82) is 0 Å². The summed E-state index contributed by atoms with van der Waals surface area (Å²) in [4.78, 5) is 10.8. The number of aromatic nitrogens is 3. The zero-order chi connectivity index (χ0) is 11.4. The third-order valence-corrected chi connectivity index (χ3v) is 2.29. The summed E-state index contributed by atoms with van der Waals surface area (Å²) >= 11 is 0. The number of nitrogens with zero attached hydrogens (tertiary/aromatic N) is 3. The average molecular weight is 213 g/mol. The van der Waals surface area contributed by atoms with Crippen LogP contribution in [0.1, 0.15) is 42.5 Å². The van der Waals surface area contributed by atoms with Gasteiger partial charge < -0.3 is 10.2 Å². The zero-order valence-corrected chi connectivity index (χ0v) is 8.84. The van der Waals surface area contributed by atoms with Gasteiger partial charge in [0.1, 0.15) is 0 Å². The molecule has 6 heteroatoms.